The molecule has 4 N–H and O–H groups in total. The van der Waals surface area contributed by atoms with Gasteiger partial charge in [-0.15, -0.1) is 4.36 Å². The summed E-state index contributed by atoms with van der Waals surface area (Å²) in [4.78, 5) is 12.2. The van der Waals surface area contributed by atoms with Gasteiger partial charge in [0.1, 0.15) is 9.92 Å². The topological polar surface area (TPSA) is 105 Å². The maximum Gasteiger partial charge on any atom is 0.354 e. The second-order valence-corrected chi connectivity index (χ2v) is 7.02. The number of aliphatic hydroxyl groups excluding tert-OH is 1. The van der Waals surface area contributed by atoms with Gasteiger partial charge < -0.3 is 10.4 Å². The number of rotatable bonds is 5. The van der Waals surface area contributed by atoms with Crippen LogP contribution in [0.4, 0.5) is 4.79 Å². The summed E-state index contributed by atoms with van der Waals surface area (Å²) in [5.74, 6) is 0. The van der Waals surface area contributed by atoms with Crippen LogP contribution in [0.2, 0.25) is 0 Å². The average molecular weight is 337 g/mol. The highest BCUT2D eigenvalue weighted by atomic mass is 32.2. The van der Waals surface area contributed by atoms with Gasteiger partial charge in [0, 0.05) is 5.70 Å². The van der Waals surface area contributed by atoms with E-state index in [2.05, 4.69) is 16.3 Å². The monoisotopic (exact) mass is 337 g/mol. The Bertz CT molecular complexity index is 756. The van der Waals surface area contributed by atoms with Crippen molar-refractivity contribution < 1.29 is 14.1 Å². The van der Waals surface area contributed by atoms with Crippen molar-refractivity contribution in [1.29, 1.82) is 0 Å². The van der Waals surface area contributed by atoms with Crippen LogP contribution in [0.3, 0.4) is 0 Å². The zero-order valence-corrected chi connectivity index (χ0v) is 14.4. The third-order valence-electron chi connectivity index (χ3n) is 3.15. The molecule has 23 heavy (non-hydrogen) atoms. The quantitative estimate of drug-likeness (QED) is 0.719. The summed E-state index contributed by atoms with van der Waals surface area (Å²) in [6.07, 6.45) is 0.664. The molecule has 0 heterocycles. The fraction of sp³-hybridized carbons (Fsp3) is 0.312. The number of benzene rings is 1. The second-order valence-electron chi connectivity index (χ2n) is 5.23. The molecule has 1 unspecified atom stereocenters. The molecule has 0 saturated carbocycles. The Morgan fingerprint density at radius 1 is 1.43 bits per heavy atom. The number of urea groups is 1. The molecule has 0 aliphatic rings. The van der Waals surface area contributed by atoms with E-state index >= 15 is 0 Å². The van der Waals surface area contributed by atoms with Crippen LogP contribution in [0.25, 0.3) is 0 Å². The lowest BCUT2D eigenvalue weighted by molar-refractivity contribution is 0.252. The molecule has 1 rings (SSSR count). The molecule has 0 bridgehead atoms. The van der Waals surface area contributed by atoms with Crippen molar-refractivity contribution in [3.8, 4) is 0 Å². The minimum Gasteiger partial charge on any atom is -0.392 e. The van der Waals surface area contributed by atoms with Gasteiger partial charge >= 0.3 is 6.03 Å². The maximum atomic E-state index is 12.5. The molecule has 0 saturated heterocycles. The lowest BCUT2D eigenvalue weighted by Crippen LogP contribution is -2.24. The van der Waals surface area contributed by atoms with Gasteiger partial charge in [-0.1, -0.05) is 31.2 Å². The van der Waals surface area contributed by atoms with E-state index in [9.17, 15) is 9.00 Å². The molecule has 0 spiro atoms. The molecule has 126 valence electrons. The molecule has 1 aromatic carbocycles. The summed E-state index contributed by atoms with van der Waals surface area (Å²) in [6, 6.07) is 5.43. The van der Waals surface area contributed by atoms with E-state index in [1.54, 1.807) is 12.1 Å². The number of carbonyl (C=O) groups excluding carboxylic acids is 1. The Balaban J connectivity index is 3.13. The first-order valence-electron chi connectivity index (χ1n) is 7.12. The summed E-state index contributed by atoms with van der Waals surface area (Å²) in [6.45, 7) is 9.25. The van der Waals surface area contributed by atoms with Crippen molar-refractivity contribution in [2.75, 3.05) is 0 Å². The maximum absolute atomic E-state index is 12.5. The van der Waals surface area contributed by atoms with E-state index in [4.69, 9.17) is 10.2 Å². The summed E-state index contributed by atoms with van der Waals surface area (Å²) < 4.78 is 16.1. The van der Waals surface area contributed by atoms with Crippen LogP contribution in [0.1, 0.15) is 32.8 Å². The highest BCUT2D eigenvalue weighted by molar-refractivity contribution is 7.91. The summed E-state index contributed by atoms with van der Waals surface area (Å²) >= 11 is 0. The third-order valence-corrected chi connectivity index (χ3v) is 4.52. The van der Waals surface area contributed by atoms with Gasteiger partial charge in [-0.3, -0.25) is 0 Å². The number of hydrogen-bond acceptors (Lipinski definition) is 3. The molecule has 0 aromatic heterocycles. The molecular formula is C16H23N3O3S. The molecule has 0 fully saturated rings. The SMILES string of the molecule is C=C(CC)C(NC(=O)N=S(N)(=O)c1cccc(CO)c1)=C(C)C. The van der Waals surface area contributed by atoms with Crippen LogP contribution in [0, 0.1) is 0 Å². The standard InChI is InChI=1S/C16H23N3O3S/c1-5-12(4)15(11(2)3)18-16(21)19-23(17,22)14-8-6-7-13(9-14)10-20/h6-9,20H,4-5,10H2,1-3H3,(H3,17,18,19,21,22). The van der Waals surface area contributed by atoms with Crippen molar-refractivity contribution in [2.45, 2.75) is 38.7 Å². The van der Waals surface area contributed by atoms with Gasteiger partial charge in [-0.05, 0) is 43.5 Å². The van der Waals surface area contributed by atoms with Gasteiger partial charge in [-0.25, -0.2) is 14.1 Å². The van der Waals surface area contributed by atoms with Gasteiger partial charge in [-0.2, -0.15) is 0 Å². The first kappa shape index (κ1) is 19.1. The molecule has 1 atom stereocenters. The highest BCUT2D eigenvalue weighted by Gasteiger charge is 2.13. The summed E-state index contributed by atoms with van der Waals surface area (Å²) in [5.41, 5.74) is 2.73. The minimum absolute atomic E-state index is 0.187. The highest BCUT2D eigenvalue weighted by Crippen LogP contribution is 2.15. The molecule has 2 amide bonds. The number of allylic oxidation sites excluding steroid dienone is 2. The zero-order chi connectivity index (χ0) is 17.6. The zero-order valence-electron chi connectivity index (χ0n) is 13.6. The fourth-order valence-electron chi connectivity index (χ4n) is 1.88. The molecule has 6 nitrogen and oxygen atoms in total. The van der Waals surface area contributed by atoms with Gasteiger partial charge in [0.15, 0.2) is 0 Å². The number of nitrogens with two attached hydrogens (primary N) is 1. The van der Waals surface area contributed by atoms with E-state index < -0.39 is 15.9 Å². The predicted molar refractivity (Wildman–Crippen MR) is 91.7 cm³/mol. The first-order valence-corrected chi connectivity index (χ1v) is 8.70. The van der Waals surface area contributed by atoms with Crippen LogP contribution in [-0.4, -0.2) is 15.3 Å². The van der Waals surface area contributed by atoms with E-state index in [1.165, 1.54) is 12.1 Å². The largest absolute Gasteiger partial charge is 0.392 e. The van der Waals surface area contributed by atoms with Crippen LogP contribution in [0.15, 0.2) is 56.9 Å². The van der Waals surface area contributed by atoms with Crippen molar-refractivity contribution in [3.63, 3.8) is 0 Å². The van der Waals surface area contributed by atoms with Crippen molar-refractivity contribution >= 4 is 15.9 Å². The number of nitrogens with zero attached hydrogens (tertiary/aromatic N) is 1. The Labute approximate surface area is 137 Å². The smallest absolute Gasteiger partial charge is 0.354 e. The normalized spacial score (nSPS) is 12.9. The number of nitrogens with one attached hydrogen (secondary N) is 1. The van der Waals surface area contributed by atoms with Gasteiger partial charge in [0.2, 0.25) is 0 Å². The van der Waals surface area contributed by atoms with Crippen LogP contribution >= 0.6 is 0 Å². The first-order chi connectivity index (χ1) is 10.7. The van der Waals surface area contributed by atoms with E-state index in [1.807, 2.05) is 20.8 Å². The van der Waals surface area contributed by atoms with Crippen molar-refractivity contribution in [3.05, 3.63) is 53.3 Å². The fourth-order valence-corrected chi connectivity index (χ4v) is 2.87. The summed E-state index contributed by atoms with van der Waals surface area (Å²) in [7, 11) is -3.40. The lowest BCUT2D eigenvalue weighted by Gasteiger charge is -2.12. The molecule has 0 aliphatic heterocycles. The second kappa shape index (κ2) is 8.05. The van der Waals surface area contributed by atoms with Crippen molar-refractivity contribution in [1.82, 2.24) is 5.32 Å². The molecule has 7 heteroatoms. The van der Waals surface area contributed by atoms with Crippen LogP contribution in [-0.2, 0) is 16.5 Å². The molecular weight excluding hydrogens is 314 g/mol. The Morgan fingerprint density at radius 2 is 2.09 bits per heavy atom. The molecule has 0 radical (unpaired) electrons. The van der Waals surface area contributed by atoms with E-state index in [0.29, 0.717) is 17.7 Å². The van der Waals surface area contributed by atoms with E-state index in [0.717, 1.165) is 11.1 Å². The lowest BCUT2D eigenvalue weighted by atomic mass is 10.1. The molecule has 0 aliphatic carbocycles. The van der Waals surface area contributed by atoms with Crippen molar-refractivity contribution in [2.24, 2.45) is 9.50 Å². The van der Waals surface area contributed by atoms with Gasteiger partial charge in [0.25, 0.3) is 0 Å². The average Bonchev–Trinajstić information content (AvgIpc) is 2.51. The minimum atomic E-state index is -3.40. The van der Waals surface area contributed by atoms with E-state index in [-0.39, 0.29) is 11.5 Å². The Kier molecular flexibility index (Phi) is 6.68. The van der Waals surface area contributed by atoms with Crippen LogP contribution in [0.5, 0.6) is 0 Å². The van der Waals surface area contributed by atoms with Crippen LogP contribution < -0.4 is 10.5 Å². The number of carbonyl (C=O) groups is 1. The number of amides is 2. The number of aliphatic hydroxyl groups is 1. The summed E-state index contributed by atoms with van der Waals surface area (Å²) in [5, 5.41) is 17.4. The predicted octanol–water partition coefficient (Wildman–Crippen LogP) is 2.85. The van der Waals surface area contributed by atoms with Gasteiger partial charge in [0.05, 0.1) is 11.5 Å². The third kappa shape index (κ3) is 5.31. The number of hydrogen-bond donors (Lipinski definition) is 3. The Hall–Kier alpha value is -1.96. The molecule has 1 aromatic rings. The Morgan fingerprint density at radius 3 is 2.61 bits per heavy atom.